The van der Waals surface area contributed by atoms with Gasteiger partial charge in [-0.1, -0.05) is 26.0 Å². The smallest absolute Gasteiger partial charge is 0.335 e. The zero-order valence-electron chi connectivity index (χ0n) is 13.1. The second kappa shape index (κ2) is 6.12. The lowest BCUT2D eigenvalue weighted by molar-refractivity contribution is 0.0697. The van der Waals surface area contributed by atoms with Gasteiger partial charge >= 0.3 is 5.97 Å². The maximum absolute atomic E-state index is 10.9. The molecule has 2 aromatic heterocycles. The van der Waals surface area contributed by atoms with Crippen molar-refractivity contribution in [3.05, 3.63) is 65.6 Å². The van der Waals surface area contributed by atoms with Gasteiger partial charge in [-0.3, -0.25) is 0 Å². The summed E-state index contributed by atoms with van der Waals surface area (Å²) < 4.78 is 7.82. The number of carbonyl (C=O) groups is 1. The molecule has 0 bridgehead atoms. The van der Waals surface area contributed by atoms with E-state index in [1.807, 2.05) is 28.9 Å². The number of nitrogens with zero attached hydrogens (tertiary/aromatic N) is 2. The van der Waals surface area contributed by atoms with Crippen LogP contribution in [0.2, 0.25) is 0 Å². The molecule has 0 atom stereocenters. The summed E-state index contributed by atoms with van der Waals surface area (Å²) in [4.78, 5) is 15.5. The van der Waals surface area contributed by atoms with Gasteiger partial charge in [-0.2, -0.15) is 0 Å². The number of aromatic carboxylic acids is 1. The van der Waals surface area contributed by atoms with E-state index in [1.54, 1.807) is 24.3 Å². The highest BCUT2D eigenvalue weighted by Gasteiger charge is 2.10. The van der Waals surface area contributed by atoms with E-state index in [2.05, 4.69) is 18.8 Å². The van der Waals surface area contributed by atoms with Crippen molar-refractivity contribution in [2.75, 3.05) is 0 Å². The summed E-state index contributed by atoms with van der Waals surface area (Å²) in [6.07, 6.45) is 3.96. The van der Waals surface area contributed by atoms with Crippen LogP contribution in [-0.2, 0) is 6.61 Å². The number of hydrogen-bond donors (Lipinski definition) is 1. The first-order chi connectivity index (χ1) is 11.0. The van der Waals surface area contributed by atoms with Crippen molar-refractivity contribution in [3.63, 3.8) is 0 Å². The van der Waals surface area contributed by atoms with Gasteiger partial charge in [-0.25, -0.2) is 9.78 Å². The maximum Gasteiger partial charge on any atom is 0.335 e. The first kappa shape index (κ1) is 15.1. The summed E-state index contributed by atoms with van der Waals surface area (Å²) in [6, 6.07) is 10.5. The van der Waals surface area contributed by atoms with E-state index in [1.165, 1.54) is 0 Å². The van der Waals surface area contributed by atoms with Crippen LogP contribution in [0.4, 0.5) is 0 Å². The van der Waals surface area contributed by atoms with E-state index >= 15 is 0 Å². The number of ether oxygens (including phenoxy) is 1. The lowest BCUT2D eigenvalue weighted by atomic mass is 10.1. The first-order valence-corrected chi connectivity index (χ1v) is 7.47. The van der Waals surface area contributed by atoms with Crippen LogP contribution in [0.25, 0.3) is 5.65 Å². The number of rotatable bonds is 5. The topological polar surface area (TPSA) is 63.8 Å². The van der Waals surface area contributed by atoms with E-state index in [0.717, 1.165) is 16.9 Å². The Kier molecular flexibility index (Phi) is 4.02. The number of pyridine rings is 1. The Morgan fingerprint density at radius 2 is 2.00 bits per heavy atom. The predicted molar refractivity (Wildman–Crippen MR) is 87.0 cm³/mol. The van der Waals surface area contributed by atoms with Crippen molar-refractivity contribution in [3.8, 4) is 5.75 Å². The van der Waals surface area contributed by atoms with Crippen LogP contribution in [0, 0.1) is 0 Å². The van der Waals surface area contributed by atoms with Crippen molar-refractivity contribution < 1.29 is 14.6 Å². The lowest BCUT2D eigenvalue weighted by Gasteiger charge is -2.07. The zero-order valence-corrected chi connectivity index (χ0v) is 13.1. The third kappa shape index (κ3) is 3.18. The van der Waals surface area contributed by atoms with Crippen LogP contribution in [0.15, 0.2) is 48.8 Å². The minimum absolute atomic E-state index is 0.269. The van der Waals surface area contributed by atoms with Gasteiger partial charge in [0.1, 0.15) is 6.61 Å². The van der Waals surface area contributed by atoms with E-state index < -0.39 is 5.97 Å². The van der Waals surface area contributed by atoms with Crippen molar-refractivity contribution >= 4 is 11.6 Å². The summed E-state index contributed by atoms with van der Waals surface area (Å²) in [5, 5.41) is 8.91. The lowest BCUT2D eigenvalue weighted by Crippen LogP contribution is -2.00. The predicted octanol–water partition coefficient (Wildman–Crippen LogP) is 3.73. The van der Waals surface area contributed by atoms with Gasteiger partial charge in [0, 0.05) is 12.4 Å². The summed E-state index contributed by atoms with van der Waals surface area (Å²) in [7, 11) is 0. The number of imidazole rings is 1. The van der Waals surface area contributed by atoms with Gasteiger partial charge in [-0.05, 0) is 35.7 Å². The Morgan fingerprint density at radius 3 is 2.65 bits per heavy atom. The molecule has 118 valence electrons. The standard InChI is InChI=1S/C18H18N2O3/c1-12(2)15-10-20-9-3-4-16(17(20)19-15)23-11-13-5-7-14(8-6-13)18(21)22/h3-10,12H,11H2,1-2H3,(H,21,22). The van der Waals surface area contributed by atoms with Gasteiger partial charge in [-0.15, -0.1) is 0 Å². The molecule has 23 heavy (non-hydrogen) atoms. The molecule has 3 aromatic rings. The molecule has 0 radical (unpaired) electrons. The second-order valence-electron chi connectivity index (χ2n) is 5.71. The van der Waals surface area contributed by atoms with Gasteiger partial charge in [0.2, 0.25) is 0 Å². The fourth-order valence-corrected chi connectivity index (χ4v) is 2.30. The number of carboxylic acid groups (broad SMARTS) is 1. The van der Waals surface area contributed by atoms with Gasteiger partial charge in [0.25, 0.3) is 0 Å². The van der Waals surface area contributed by atoms with Crippen molar-refractivity contribution in [1.29, 1.82) is 0 Å². The highest BCUT2D eigenvalue weighted by molar-refractivity contribution is 5.87. The highest BCUT2D eigenvalue weighted by atomic mass is 16.5. The molecule has 0 saturated carbocycles. The van der Waals surface area contributed by atoms with Crippen molar-refractivity contribution in [2.45, 2.75) is 26.4 Å². The molecular weight excluding hydrogens is 292 g/mol. The number of benzene rings is 1. The molecule has 5 nitrogen and oxygen atoms in total. The van der Waals surface area contributed by atoms with E-state index in [4.69, 9.17) is 9.84 Å². The summed E-state index contributed by atoms with van der Waals surface area (Å²) in [6.45, 7) is 4.57. The highest BCUT2D eigenvalue weighted by Crippen LogP contribution is 2.23. The monoisotopic (exact) mass is 310 g/mol. The molecule has 1 N–H and O–H groups in total. The molecule has 0 aliphatic heterocycles. The third-order valence-corrected chi connectivity index (χ3v) is 3.65. The molecule has 0 aliphatic carbocycles. The van der Waals surface area contributed by atoms with Gasteiger partial charge in [0.15, 0.2) is 11.4 Å². The van der Waals surface area contributed by atoms with Gasteiger partial charge < -0.3 is 14.2 Å². The maximum atomic E-state index is 10.9. The Hall–Kier alpha value is -2.82. The van der Waals surface area contributed by atoms with E-state index in [-0.39, 0.29) is 5.56 Å². The Balaban J connectivity index is 1.80. The number of fused-ring (bicyclic) bond motifs is 1. The van der Waals surface area contributed by atoms with Crippen LogP contribution in [0.5, 0.6) is 5.75 Å². The molecular formula is C18H18N2O3. The summed E-state index contributed by atoms with van der Waals surface area (Å²) >= 11 is 0. The van der Waals surface area contributed by atoms with E-state index in [0.29, 0.717) is 18.3 Å². The molecule has 0 saturated heterocycles. The number of carboxylic acids is 1. The largest absolute Gasteiger partial charge is 0.485 e. The molecule has 0 aliphatic rings. The van der Waals surface area contributed by atoms with Crippen LogP contribution in [-0.4, -0.2) is 20.5 Å². The third-order valence-electron chi connectivity index (χ3n) is 3.65. The van der Waals surface area contributed by atoms with Crippen LogP contribution >= 0.6 is 0 Å². The average Bonchev–Trinajstić information content (AvgIpc) is 2.98. The Morgan fingerprint density at radius 1 is 1.26 bits per heavy atom. The average molecular weight is 310 g/mol. The number of aromatic nitrogens is 2. The van der Waals surface area contributed by atoms with Gasteiger partial charge in [0.05, 0.1) is 11.3 Å². The molecule has 0 unspecified atom stereocenters. The quantitative estimate of drug-likeness (QED) is 0.780. The van der Waals surface area contributed by atoms with Crippen LogP contribution in [0.1, 0.15) is 41.4 Å². The molecule has 2 heterocycles. The summed E-state index contributed by atoms with van der Waals surface area (Å²) in [5.41, 5.74) is 2.99. The normalized spacial score (nSPS) is 11.1. The molecule has 0 spiro atoms. The molecule has 0 amide bonds. The van der Waals surface area contributed by atoms with Crippen LogP contribution in [0.3, 0.4) is 0 Å². The zero-order chi connectivity index (χ0) is 16.4. The van der Waals surface area contributed by atoms with Crippen LogP contribution < -0.4 is 4.74 Å². The fourth-order valence-electron chi connectivity index (χ4n) is 2.30. The van der Waals surface area contributed by atoms with Crippen molar-refractivity contribution in [2.24, 2.45) is 0 Å². The molecule has 0 fully saturated rings. The minimum atomic E-state index is -0.930. The van der Waals surface area contributed by atoms with Crippen molar-refractivity contribution in [1.82, 2.24) is 9.38 Å². The Labute approximate surface area is 134 Å². The SMILES string of the molecule is CC(C)c1cn2cccc(OCc3ccc(C(=O)O)cc3)c2n1. The van der Waals surface area contributed by atoms with E-state index in [9.17, 15) is 4.79 Å². The molecule has 1 aromatic carbocycles. The number of hydrogen-bond acceptors (Lipinski definition) is 3. The summed E-state index contributed by atoms with van der Waals surface area (Å²) in [5.74, 6) is 0.133. The molecule has 5 heteroatoms. The second-order valence-corrected chi connectivity index (χ2v) is 5.71. The first-order valence-electron chi connectivity index (χ1n) is 7.47. The minimum Gasteiger partial charge on any atom is -0.485 e. The molecule has 3 rings (SSSR count). The Bertz CT molecular complexity index is 835. The fraction of sp³-hybridized carbons (Fsp3) is 0.222.